The molecule has 29 heavy (non-hydrogen) atoms. The third kappa shape index (κ3) is 4.82. The highest BCUT2D eigenvalue weighted by Crippen LogP contribution is 2.31. The highest BCUT2D eigenvalue weighted by Gasteiger charge is 2.24. The van der Waals surface area contributed by atoms with Crippen LogP contribution in [0.2, 0.25) is 0 Å². The third-order valence-corrected chi connectivity index (χ3v) is 4.65. The SMILES string of the molecule is O=C(NC(=S)Nc1ccc([N+](=O)[O-])cc1)c1ccc(N2CCCC2)c([N+](=O)[O-])c1. The van der Waals surface area contributed by atoms with E-state index in [9.17, 15) is 25.0 Å². The van der Waals surface area contributed by atoms with Gasteiger partial charge < -0.3 is 10.2 Å². The molecule has 2 aromatic carbocycles. The zero-order valence-electron chi connectivity index (χ0n) is 15.2. The Morgan fingerprint density at radius 1 is 1.00 bits per heavy atom. The Morgan fingerprint density at radius 3 is 2.24 bits per heavy atom. The summed E-state index contributed by atoms with van der Waals surface area (Å²) in [5, 5.41) is 27.3. The maximum atomic E-state index is 12.4. The molecule has 10 nitrogen and oxygen atoms in total. The summed E-state index contributed by atoms with van der Waals surface area (Å²) in [4.78, 5) is 35.5. The van der Waals surface area contributed by atoms with E-state index < -0.39 is 15.8 Å². The van der Waals surface area contributed by atoms with Crippen LogP contribution in [-0.4, -0.2) is 34.0 Å². The van der Waals surface area contributed by atoms with Gasteiger partial charge in [-0.3, -0.25) is 30.3 Å². The molecule has 0 aromatic heterocycles. The molecule has 0 aliphatic carbocycles. The molecule has 0 saturated carbocycles. The largest absolute Gasteiger partial charge is 0.366 e. The number of nitro benzene ring substituents is 2. The Hall–Kier alpha value is -3.60. The molecular weight excluding hydrogens is 398 g/mol. The lowest BCUT2D eigenvalue weighted by Gasteiger charge is -2.18. The molecule has 0 unspecified atom stereocenters. The molecule has 11 heteroatoms. The quantitative estimate of drug-likeness (QED) is 0.432. The number of carbonyl (C=O) groups excluding carboxylic acids is 1. The number of nitrogens with one attached hydrogen (secondary N) is 2. The minimum atomic E-state index is -0.597. The Kier molecular flexibility index (Phi) is 5.98. The summed E-state index contributed by atoms with van der Waals surface area (Å²) in [7, 11) is 0. The molecule has 1 saturated heterocycles. The van der Waals surface area contributed by atoms with Crippen LogP contribution in [0, 0.1) is 20.2 Å². The van der Waals surface area contributed by atoms with Crippen LogP contribution in [0.3, 0.4) is 0 Å². The van der Waals surface area contributed by atoms with Gasteiger partial charge in [0.2, 0.25) is 0 Å². The predicted molar refractivity (Wildman–Crippen MR) is 111 cm³/mol. The van der Waals surface area contributed by atoms with Crippen molar-refractivity contribution < 1.29 is 14.6 Å². The van der Waals surface area contributed by atoms with Crippen molar-refractivity contribution in [2.24, 2.45) is 0 Å². The lowest BCUT2D eigenvalue weighted by atomic mass is 10.1. The monoisotopic (exact) mass is 415 g/mol. The van der Waals surface area contributed by atoms with Crippen LogP contribution in [0.5, 0.6) is 0 Å². The second-order valence-electron chi connectivity index (χ2n) is 6.37. The van der Waals surface area contributed by atoms with E-state index in [1.807, 2.05) is 4.90 Å². The average Bonchev–Trinajstić information content (AvgIpc) is 3.22. The van der Waals surface area contributed by atoms with Gasteiger partial charge in [-0.05, 0) is 49.3 Å². The molecule has 2 aromatic rings. The number of carbonyl (C=O) groups is 1. The van der Waals surface area contributed by atoms with E-state index in [1.54, 1.807) is 6.07 Å². The fourth-order valence-corrected chi connectivity index (χ4v) is 3.25. The van der Waals surface area contributed by atoms with Crippen LogP contribution in [0.1, 0.15) is 23.2 Å². The Labute approximate surface area is 170 Å². The number of hydrogen-bond donors (Lipinski definition) is 2. The molecule has 1 amide bonds. The summed E-state index contributed by atoms with van der Waals surface area (Å²) in [6.07, 6.45) is 1.95. The van der Waals surface area contributed by atoms with Crippen molar-refractivity contribution in [2.75, 3.05) is 23.3 Å². The predicted octanol–water partition coefficient (Wildman–Crippen LogP) is 3.23. The summed E-state index contributed by atoms with van der Waals surface area (Å²) < 4.78 is 0. The topological polar surface area (TPSA) is 131 Å². The smallest absolute Gasteiger partial charge is 0.293 e. The summed E-state index contributed by atoms with van der Waals surface area (Å²) in [6.45, 7) is 1.49. The lowest BCUT2D eigenvalue weighted by molar-refractivity contribution is -0.384. The Balaban J connectivity index is 1.69. The molecule has 1 heterocycles. The van der Waals surface area contributed by atoms with Gasteiger partial charge in [0.15, 0.2) is 5.11 Å². The molecule has 0 radical (unpaired) electrons. The van der Waals surface area contributed by atoms with Gasteiger partial charge in [0.25, 0.3) is 17.3 Å². The molecule has 1 fully saturated rings. The highest BCUT2D eigenvalue weighted by molar-refractivity contribution is 7.80. The maximum absolute atomic E-state index is 12.4. The van der Waals surface area contributed by atoms with E-state index in [0.29, 0.717) is 11.4 Å². The molecule has 150 valence electrons. The number of benzene rings is 2. The van der Waals surface area contributed by atoms with Crippen LogP contribution >= 0.6 is 12.2 Å². The number of nitro groups is 2. The van der Waals surface area contributed by atoms with Gasteiger partial charge in [-0.15, -0.1) is 0 Å². The van der Waals surface area contributed by atoms with Crippen molar-refractivity contribution in [2.45, 2.75) is 12.8 Å². The molecule has 0 spiro atoms. The molecule has 0 bridgehead atoms. The molecule has 0 atom stereocenters. The van der Waals surface area contributed by atoms with Gasteiger partial charge in [-0.25, -0.2) is 0 Å². The van der Waals surface area contributed by atoms with Gasteiger partial charge in [0.05, 0.1) is 9.85 Å². The highest BCUT2D eigenvalue weighted by atomic mass is 32.1. The Morgan fingerprint density at radius 2 is 1.66 bits per heavy atom. The summed E-state index contributed by atoms with van der Waals surface area (Å²) in [5.41, 5.74) is 0.851. The van der Waals surface area contributed by atoms with Gasteiger partial charge in [-0.1, -0.05) is 0 Å². The summed E-state index contributed by atoms with van der Waals surface area (Å²) >= 11 is 5.08. The first kappa shape index (κ1) is 20.1. The van der Waals surface area contributed by atoms with E-state index >= 15 is 0 Å². The normalized spacial score (nSPS) is 13.0. The maximum Gasteiger partial charge on any atom is 0.293 e. The average molecular weight is 415 g/mol. The van der Waals surface area contributed by atoms with Crippen LogP contribution in [0.4, 0.5) is 22.7 Å². The van der Waals surface area contributed by atoms with Crippen LogP contribution in [-0.2, 0) is 0 Å². The number of amides is 1. The first-order chi connectivity index (χ1) is 13.8. The van der Waals surface area contributed by atoms with Crippen molar-refractivity contribution >= 4 is 46.0 Å². The molecule has 3 rings (SSSR count). The van der Waals surface area contributed by atoms with Crippen molar-refractivity contribution in [1.82, 2.24) is 5.32 Å². The lowest BCUT2D eigenvalue weighted by Crippen LogP contribution is -2.34. The van der Waals surface area contributed by atoms with Gasteiger partial charge in [0.1, 0.15) is 5.69 Å². The van der Waals surface area contributed by atoms with E-state index in [4.69, 9.17) is 12.2 Å². The number of rotatable bonds is 5. The number of non-ortho nitro benzene ring substituents is 1. The molecule has 2 N–H and O–H groups in total. The second kappa shape index (κ2) is 8.61. The first-order valence-electron chi connectivity index (χ1n) is 8.75. The van der Waals surface area contributed by atoms with E-state index in [2.05, 4.69) is 10.6 Å². The molecular formula is C18H17N5O5S. The number of anilines is 2. The second-order valence-corrected chi connectivity index (χ2v) is 6.78. The van der Waals surface area contributed by atoms with E-state index in [-0.39, 0.29) is 22.1 Å². The van der Waals surface area contributed by atoms with Crippen molar-refractivity contribution in [1.29, 1.82) is 0 Å². The fraction of sp³-hybridized carbons (Fsp3) is 0.222. The Bertz CT molecular complexity index is 973. The minimum Gasteiger partial charge on any atom is -0.366 e. The third-order valence-electron chi connectivity index (χ3n) is 4.44. The van der Waals surface area contributed by atoms with E-state index in [0.717, 1.165) is 25.9 Å². The summed E-state index contributed by atoms with van der Waals surface area (Å²) in [5.74, 6) is -0.597. The van der Waals surface area contributed by atoms with Crippen molar-refractivity contribution in [3.8, 4) is 0 Å². The van der Waals surface area contributed by atoms with Gasteiger partial charge in [0, 0.05) is 42.5 Å². The zero-order chi connectivity index (χ0) is 21.0. The van der Waals surface area contributed by atoms with Crippen LogP contribution in [0.15, 0.2) is 42.5 Å². The van der Waals surface area contributed by atoms with Crippen LogP contribution in [0.25, 0.3) is 0 Å². The molecule has 1 aliphatic rings. The standard InChI is InChI=1S/C18H17N5O5S/c24-17(20-18(29)19-13-4-6-14(7-5-13)22(25)26)12-3-8-15(16(11-12)23(27)28)21-9-1-2-10-21/h3-8,11H,1-2,9-10H2,(H2,19,20,24,29). The van der Waals surface area contributed by atoms with Gasteiger partial charge >= 0.3 is 0 Å². The fourth-order valence-electron chi connectivity index (χ4n) is 3.04. The van der Waals surface area contributed by atoms with Crippen molar-refractivity contribution in [3.05, 3.63) is 68.3 Å². The minimum absolute atomic E-state index is 0.0323. The number of hydrogen-bond acceptors (Lipinski definition) is 7. The van der Waals surface area contributed by atoms with Gasteiger partial charge in [-0.2, -0.15) is 0 Å². The number of nitrogens with zero attached hydrogens (tertiary/aromatic N) is 3. The van der Waals surface area contributed by atoms with Crippen molar-refractivity contribution in [3.63, 3.8) is 0 Å². The van der Waals surface area contributed by atoms with Crippen LogP contribution < -0.4 is 15.5 Å². The first-order valence-corrected chi connectivity index (χ1v) is 9.16. The number of thiocarbonyl (C=S) groups is 1. The van der Waals surface area contributed by atoms with E-state index in [1.165, 1.54) is 36.4 Å². The summed E-state index contributed by atoms with van der Waals surface area (Å²) in [6, 6.07) is 9.83. The zero-order valence-corrected chi connectivity index (χ0v) is 16.0. The molecule has 1 aliphatic heterocycles.